The Morgan fingerprint density at radius 1 is 0.651 bits per heavy atom. The molecule has 2 aromatic carbocycles. The van der Waals surface area contributed by atoms with Gasteiger partial charge in [0, 0.05) is 0 Å². The number of amides is 5. The molecular weight excluding hydrogens is 554 g/mol. The lowest BCUT2D eigenvalue weighted by atomic mass is 10.0. The van der Waals surface area contributed by atoms with E-state index in [2.05, 4.69) is 16.0 Å². The Bertz CT molecular complexity index is 1210. The van der Waals surface area contributed by atoms with Crippen LogP contribution in [0.1, 0.15) is 58.6 Å². The molecule has 0 aliphatic rings. The summed E-state index contributed by atoms with van der Waals surface area (Å²) in [6, 6.07) is 14.7. The largest absolute Gasteiger partial charge is 0.445 e. The number of benzene rings is 2. The second-order valence-electron chi connectivity index (χ2n) is 11.1. The summed E-state index contributed by atoms with van der Waals surface area (Å²) in [5.41, 5.74) is 1.54. The average molecular weight is 598 g/mol. The number of ether oxygens (including phenoxy) is 2. The number of imide groups is 1. The maximum atomic E-state index is 13.2. The molecule has 0 unspecified atom stereocenters. The summed E-state index contributed by atoms with van der Waals surface area (Å²) in [4.78, 5) is 64.1. The molecule has 0 saturated heterocycles. The highest BCUT2D eigenvalue weighted by Crippen LogP contribution is 2.10. The number of rotatable bonds is 14. The molecule has 3 atom stereocenters. The van der Waals surface area contributed by atoms with Gasteiger partial charge < -0.3 is 25.4 Å². The Balaban J connectivity index is 1.98. The molecule has 0 fully saturated rings. The molecule has 5 amide bonds. The van der Waals surface area contributed by atoms with Crippen LogP contribution in [0, 0.1) is 11.8 Å². The molecule has 12 nitrogen and oxygen atoms in total. The fraction of sp³-hybridized carbons (Fsp3) is 0.452. The quantitative estimate of drug-likeness (QED) is 0.146. The molecule has 2 aromatic rings. The first-order valence-electron chi connectivity index (χ1n) is 14.2. The summed E-state index contributed by atoms with van der Waals surface area (Å²) in [5, 5.41) is 7.93. The number of nitrogens with zero attached hydrogens (tertiary/aromatic N) is 1. The second-order valence-corrected chi connectivity index (χ2v) is 11.1. The van der Waals surface area contributed by atoms with Gasteiger partial charge in [-0.25, -0.2) is 20.4 Å². The predicted octanol–water partition coefficient (Wildman–Crippen LogP) is 3.40. The number of hydrogen-bond acceptors (Lipinski definition) is 8. The zero-order valence-corrected chi connectivity index (χ0v) is 25.4. The lowest BCUT2D eigenvalue weighted by Crippen LogP contribution is -2.59. The summed E-state index contributed by atoms with van der Waals surface area (Å²) in [6.45, 7) is 8.82. The van der Waals surface area contributed by atoms with E-state index in [4.69, 9.17) is 15.3 Å². The van der Waals surface area contributed by atoms with Crippen LogP contribution in [0.3, 0.4) is 0 Å². The number of alkyl carbamates (subject to hydrolysis) is 2. The number of hydrogen-bond donors (Lipinski definition) is 4. The summed E-state index contributed by atoms with van der Waals surface area (Å²) in [5.74, 6) is 3.47. The van der Waals surface area contributed by atoms with Gasteiger partial charge in [-0.05, 0) is 42.7 Å². The van der Waals surface area contributed by atoms with Crippen molar-refractivity contribution in [3.05, 3.63) is 71.8 Å². The van der Waals surface area contributed by atoms with Gasteiger partial charge in [-0.1, -0.05) is 88.4 Å². The number of carbonyl (C=O) groups excluding carboxylic acids is 5. The van der Waals surface area contributed by atoms with Crippen LogP contribution in [0.4, 0.5) is 9.59 Å². The van der Waals surface area contributed by atoms with Crippen molar-refractivity contribution in [1.82, 2.24) is 21.0 Å². The highest BCUT2D eigenvalue weighted by molar-refractivity contribution is 6.01. The number of nitrogens with one attached hydrogen (secondary N) is 3. The van der Waals surface area contributed by atoms with Crippen molar-refractivity contribution in [3.63, 3.8) is 0 Å². The molecule has 2 rings (SSSR count). The summed E-state index contributed by atoms with van der Waals surface area (Å²) in [7, 11) is 0. The Morgan fingerprint density at radius 2 is 1.07 bits per heavy atom. The highest BCUT2D eigenvalue weighted by Gasteiger charge is 2.33. The standard InChI is InChI=1S/C31H43N5O7/c1-20(2)16-25(34-30(40)42-18-23-12-8-6-9-13-23)27(37)33-22(5)28(38)36(32)29(39)26(17-21(3)4)35-31(41)43-19-24-14-10-7-11-15-24/h6-15,20-22,25-26H,16-19,32H2,1-5H3,(H,33,37)(H,34,40)(H,35,41)/t22-,25-,26-/m0/s1. The number of hydrazine groups is 1. The van der Waals surface area contributed by atoms with E-state index in [-0.39, 0.29) is 37.9 Å². The SMILES string of the molecule is CC(C)C[C@H](NC(=O)OCc1ccccc1)C(=O)N[C@@H](C)C(=O)N(N)C(=O)[C@H](CC(C)C)NC(=O)OCc1ccccc1. The Kier molecular flexibility index (Phi) is 14.1. The van der Waals surface area contributed by atoms with Crippen LogP contribution in [0.15, 0.2) is 60.7 Å². The van der Waals surface area contributed by atoms with E-state index < -0.39 is 48.0 Å². The van der Waals surface area contributed by atoms with E-state index in [1.165, 1.54) is 6.92 Å². The summed E-state index contributed by atoms with van der Waals surface area (Å²) in [6.07, 6.45) is -1.18. The highest BCUT2D eigenvalue weighted by atomic mass is 16.6. The van der Waals surface area contributed by atoms with Gasteiger partial charge in [-0.2, -0.15) is 0 Å². The van der Waals surface area contributed by atoms with E-state index in [0.717, 1.165) is 11.1 Å². The van der Waals surface area contributed by atoms with Crippen molar-refractivity contribution in [2.24, 2.45) is 17.7 Å². The molecule has 43 heavy (non-hydrogen) atoms. The van der Waals surface area contributed by atoms with Crippen molar-refractivity contribution in [2.45, 2.75) is 78.8 Å². The van der Waals surface area contributed by atoms with Gasteiger partial charge in [0.15, 0.2) is 0 Å². The minimum absolute atomic E-state index is 0.00498. The Morgan fingerprint density at radius 3 is 1.51 bits per heavy atom. The fourth-order valence-corrected chi connectivity index (χ4v) is 4.07. The zero-order valence-electron chi connectivity index (χ0n) is 25.4. The summed E-state index contributed by atoms with van der Waals surface area (Å²) < 4.78 is 10.4. The molecule has 0 radical (unpaired) electrons. The van der Waals surface area contributed by atoms with Crippen molar-refractivity contribution in [1.29, 1.82) is 0 Å². The maximum absolute atomic E-state index is 13.2. The van der Waals surface area contributed by atoms with Crippen molar-refractivity contribution in [3.8, 4) is 0 Å². The lowest BCUT2D eigenvalue weighted by Gasteiger charge is -2.27. The van der Waals surface area contributed by atoms with Crippen LogP contribution >= 0.6 is 0 Å². The molecule has 0 aliphatic carbocycles. The molecule has 0 heterocycles. The molecule has 5 N–H and O–H groups in total. The molecule has 0 aromatic heterocycles. The third-order valence-corrected chi connectivity index (χ3v) is 6.24. The third kappa shape index (κ3) is 12.5. The maximum Gasteiger partial charge on any atom is 0.408 e. The van der Waals surface area contributed by atoms with Gasteiger partial charge in [-0.3, -0.25) is 14.4 Å². The van der Waals surface area contributed by atoms with Gasteiger partial charge in [0.2, 0.25) is 5.91 Å². The molecule has 0 aliphatic heterocycles. The zero-order chi connectivity index (χ0) is 31.9. The lowest BCUT2D eigenvalue weighted by molar-refractivity contribution is -0.149. The first kappa shape index (κ1) is 34.7. The molecule has 0 bridgehead atoms. The molecule has 0 spiro atoms. The van der Waals surface area contributed by atoms with Gasteiger partial charge in [-0.15, -0.1) is 0 Å². The summed E-state index contributed by atoms with van der Waals surface area (Å²) >= 11 is 0. The third-order valence-electron chi connectivity index (χ3n) is 6.24. The number of carbonyl (C=O) groups is 5. The van der Waals surface area contributed by atoms with Crippen LogP contribution in [-0.2, 0) is 37.1 Å². The van der Waals surface area contributed by atoms with Gasteiger partial charge in [0.05, 0.1) is 0 Å². The topological polar surface area (TPSA) is 169 Å². The minimum Gasteiger partial charge on any atom is -0.445 e. The molecular formula is C31H43N5O7. The second kappa shape index (κ2) is 17.5. The smallest absolute Gasteiger partial charge is 0.408 e. The monoisotopic (exact) mass is 597 g/mol. The normalized spacial score (nSPS) is 12.9. The van der Waals surface area contributed by atoms with Crippen LogP contribution in [0.25, 0.3) is 0 Å². The van der Waals surface area contributed by atoms with E-state index in [9.17, 15) is 24.0 Å². The first-order chi connectivity index (χ1) is 20.4. The van der Waals surface area contributed by atoms with E-state index in [1.54, 1.807) is 36.4 Å². The predicted molar refractivity (Wildman–Crippen MR) is 160 cm³/mol. The Labute approximate surface area is 252 Å². The van der Waals surface area contributed by atoms with Crippen molar-refractivity contribution >= 4 is 29.9 Å². The van der Waals surface area contributed by atoms with Gasteiger partial charge >= 0.3 is 12.2 Å². The average Bonchev–Trinajstić information content (AvgIpc) is 2.97. The fourth-order valence-electron chi connectivity index (χ4n) is 4.07. The van der Waals surface area contributed by atoms with E-state index in [0.29, 0.717) is 5.01 Å². The van der Waals surface area contributed by atoms with Crippen molar-refractivity contribution < 1.29 is 33.4 Å². The Hall–Kier alpha value is -4.45. The van der Waals surface area contributed by atoms with Crippen LogP contribution < -0.4 is 21.8 Å². The van der Waals surface area contributed by atoms with Crippen LogP contribution in [0.2, 0.25) is 0 Å². The van der Waals surface area contributed by atoms with Crippen LogP contribution in [-0.4, -0.2) is 53.0 Å². The van der Waals surface area contributed by atoms with Crippen molar-refractivity contribution in [2.75, 3.05) is 0 Å². The van der Waals surface area contributed by atoms with E-state index >= 15 is 0 Å². The van der Waals surface area contributed by atoms with Gasteiger partial charge in [0.1, 0.15) is 31.3 Å². The molecule has 234 valence electrons. The first-order valence-corrected chi connectivity index (χ1v) is 14.2. The molecule has 0 saturated carbocycles. The van der Waals surface area contributed by atoms with Crippen LogP contribution in [0.5, 0.6) is 0 Å². The van der Waals surface area contributed by atoms with Gasteiger partial charge in [0.25, 0.3) is 11.8 Å². The molecule has 12 heteroatoms. The van der Waals surface area contributed by atoms with E-state index in [1.807, 2.05) is 52.0 Å². The number of nitrogens with two attached hydrogens (primary N) is 1. The minimum atomic E-state index is -1.22.